The maximum absolute atomic E-state index is 6.18. The molecule has 0 aromatic carbocycles. The zero-order valence-electron chi connectivity index (χ0n) is 13.2. The van der Waals surface area contributed by atoms with Crippen molar-refractivity contribution in [2.24, 2.45) is 0 Å². The Bertz CT molecular complexity index is 205. The van der Waals surface area contributed by atoms with Crippen molar-refractivity contribution in [3.05, 3.63) is 0 Å². The number of ether oxygens (including phenoxy) is 2. The molecule has 1 aliphatic rings. The lowest BCUT2D eigenvalue weighted by Crippen LogP contribution is -2.28. The largest absolute Gasteiger partial charge is 0.353 e. The van der Waals surface area contributed by atoms with Gasteiger partial charge in [0.05, 0.1) is 6.10 Å². The minimum atomic E-state index is 0.0733. The van der Waals surface area contributed by atoms with Gasteiger partial charge in [-0.25, -0.2) is 0 Å². The molecule has 2 unspecified atom stereocenters. The Morgan fingerprint density at radius 2 is 1.80 bits per heavy atom. The molecule has 0 radical (unpaired) electrons. The summed E-state index contributed by atoms with van der Waals surface area (Å²) in [6.45, 7) is 3.15. The number of hydrogen-bond donors (Lipinski definition) is 0. The van der Waals surface area contributed by atoms with Crippen LogP contribution in [0.4, 0.5) is 0 Å². The molecule has 1 heterocycles. The van der Waals surface area contributed by atoms with Gasteiger partial charge in [0.25, 0.3) is 0 Å². The van der Waals surface area contributed by atoms with Crippen LogP contribution in [0.25, 0.3) is 0 Å². The molecular formula is C17H33BrO2. The van der Waals surface area contributed by atoms with Crippen LogP contribution in [-0.2, 0) is 9.47 Å². The van der Waals surface area contributed by atoms with Crippen LogP contribution in [0.2, 0.25) is 0 Å². The zero-order valence-corrected chi connectivity index (χ0v) is 14.8. The summed E-state index contributed by atoms with van der Waals surface area (Å²) >= 11 is 3.53. The SMILES string of the molecule is CCCCCCCCC(CCCBr)OC1CCCCO1. The van der Waals surface area contributed by atoms with Gasteiger partial charge in [0.1, 0.15) is 0 Å². The fraction of sp³-hybridized carbons (Fsp3) is 1.00. The van der Waals surface area contributed by atoms with Gasteiger partial charge < -0.3 is 9.47 Å². The summed E-state index contributed by atoms with van der Waals surface area (Å²) in [5, 5.41) is 1.08. The first-order chi connectivity index (χ1) is 9.86. The second-order valence-corrected chi connectivity index (χ2v) is 6.73. The summed E-state index contributed by atoms with van der Waals surface area (Å²) < 4.78 is 11.9. The van der Waals surface area contributed by atoms with Gasteiger partial charge in [-0.05, 0) is 38.5 Å². The predicted octanol–water partition coefficient (Wildman–Crippen LogP) is 5.82. The first-order valence-electron chi connectivity index (χ1n) is 8.69. The second-order valence-electron chi connectivity index (χ2n) is 5.94. The highest BCUT2D eigenvalue weighted by Gasteiger charge is 2.19. The number of alkyl halides is 1. The summed E-state index contributed by atoms with van der Waals surface area (Å²) in [7, 11) is 0. The Morgan fingerprint density at radius 3 is 2.50 bits per heavy atom. The Balaban J connectivity index is 2.13. The number of unbranched alkanes of at least 4 members (excludes halogenated alkanes) is 5. The summed E-state index contributed by atoms with van der Waals surface area (Å²) in [6.07, 6.45) is 15.8. The van der Waals surface area contributed by atoms with E-state index in [1.165, 1.54) is 70.6 Å². The molecular weight excluding hydrogens is 316 g/mol. The third-order valence-corrected chi connectivity index (χ3v) is 4.58. The lowest BCUT2D eigenvalue weighted by Gasteiger charge is -2.28. The molecule has 0 aromatic rings. The Kier molecular flexibility index (Phi) is 12.1. The van der Waals surface area contributed by atoms with E-state index < -0.39 is 0 Å². The van der Waals surface area contributed by atoms with Crippen LogP contribution in [0.3, 0.4) is 0 Å². The number of rotatable bonds is 12. The van der Waals surface area contributed by atoms with Crippen LogP contribution in [0.15, 0.2) is 0 Å². The van der Waals surface area contributed by atoms with Crippen molar-refractivity contribution in [3.8, 4) is 0 Å². The van der Waals surface area contributed by atoms with Crippen molar-refractivity contribution < 1.29 is 9.47 Å². The molecule has 2 nitrogen and oxygen atoms in total. The Morgan fingerprint density at radius 1 is 1.05 bits per heavy atom. The van der Waals surface area contributed by atoms with E-state index in [1.54, 1.807) is 0 Å². The van der Waals surface area contributed by atoms with Crippen molar-refractivity contribution in [1.29, 1.82) is 0 Å². The van der Waals surface area contributed by atoms with E-state index in [0.29, 0.717) is 6.10 Å². The van der Waals surface area contributed by atoms with Crippen molar-refractivity contribution in [1.82, 2.24) is 0 Å². The molecule has 0 amide bonds. The highest BCUT2D eigenvalue weighted by molar-refractivity contribution is 9.09. The van der Waals surface area contributed by atoms with Gasteiger partial charge in [0.2, 0.25) is 0 Å². The molecule has 0 saturated carbocycles. The van der Waals surface area contributed by atoms with Crippen LogP contribution >= 0.6 is 15.9 Å². The molecule has 0 N–H and O–H groups in total. The molecule has 0 spiro atoms. The molecule has 2 atom stereocenters. The lowest BCUT2D eigenvalue weighted by molar-refractivity contribution is -0.190. The predicted molar refractivity (Wildman–Crippen MR) is 89.5 cm³/mol. The number of hydrogen-bond acceptors (Lipinski definition) is 2. The van der Waals surface area contributed by atoms with Gasteiger partial charge in [-0.15, -0.1) is 0 Å². The normalized spacial score (nSPS) is 21.0. The van der Waals surface area contributed by atoms with Gasteiger partial charge in [0, 0.05) is 11.9 Å². The first kappa shape index (κ1) is 18.4. The topological polar surface area (TPSA) is 18.5 Å². The monoisotopic (exact) mass is 348 g/mol. The van der Waals surface area contributed by atoms with Crippen LogP contribution in [0, 0.1) is 0 Å². The number of halogens is 1. The summed E-state index contributed by atoms with van der Waals surface area (Å²) in [4.78, 5) is 0. The van der Waals surface area contributed by atoms with Crippen LogP contribution in [0.1, 0.15) is 84.0 Å². The highest BCUT2D eigenvalue weighted by Crippen LogP contribution is 2.21. The smallest absolute Gasteiger partial charge is 0.157 e. The van der Waals surface area contributed by atoms with E-state index in [2.05, 4.69) is 22.9 Å². The molecule has 1 aliphatic heterocycles. The molecule has 3 heteroatoms. The molecule has 1 rings (SSSR count). The summed E-state index contributed by atoms with van der Waals surface area (Å²) in [6, 6.07) is 0. The Labute approximate surface area is 134 Å². The first-order valence-corrected chi connectivity index (χ1v) is 9.82. The van der Waals surface area contributed by atoms with Crippen molar-refractivity contribution in [2.75, 3.05) is 11.9 Å². The fourth-order valence-corrected chi connectivity index (χ4v) is 3.09. The van der Waals surface area contributed by atoms with E-state index >= 15 is 0 Å². The summed E-state index contributed by atoms with van der Waals surface area (Å²) in [5.41, 5.74) is 0. The molecule has 0 aliphatic carbocycles. The molecule has 120 valence electrons. The van der Waals surface area contributed by atoms with Crippen LogP contribution in [0.5, 0.6) is 0 Å². The molecule has 1 fully saturated rings. The third kappa shape index (κ3) is 9.36. The minimum absolute atomic E-state index is 0.0733. The van der Waals surface area contributed by atoms with Crippen molar-refractivity contribution >= 4 is 15.9 Å². The van der Waals surface area contributed by atoms with E-state index in [4.69, 9.17) is 9.47 Å². The van der Waals surface area contributed by atoms with Gasteiger partial charge >= 0.3 is 0 Å². The van der Waals surface area contributed by atoms with E-state index in [9.17, 15) is 0 Å². The standard InChI is InChI=1S/C17H33BrO2/c1-2-3-4-5-6-7-11-16(12-10-14-18)20-17-13-8-9-15-19-17/h16-17H,2-15H2,1H3. The molecule has 0 aromatic heterocycles. The van der Waals surface area contributed by atoms with Crippen LogP contribution < -0.4 is 0 Å². The zero-order chi connectivity index (χ0) is 14.5. The highest BCUT2D eigenvalue weighted by atomic mass is 79.9. The lowest BCUT2D eigenvalue weighted by atomic mass is 10.0. The summed E-state index contributed by atoms with van der Waals surface area (Å²) in [5.74, 6) is 0. The second kappa shape index (κ2) is 13.1. The minimum Gasteiger partial charge on any atom is -0.353 e. The molecule has 0 bridgehead atoms. The van der Waals surface area contributed by atoms with Crippen LogP contribution in [-0.4, -0.2) is 24.3 Å². The maximum Gasteiger partial charge on any atom is 0.157 e. The average molecular weight is 349 g/mol. The van der Waals surface area contributed by atoms with Gasteiger partial charge in [-0.3, -0.25) is 0 Å². The Hall–Kier alpha value is 0.400. The van der Waals surface area contributed by atoms with E-state index in [-0.39, 0.29) is 6.29 Å². The quantitative estimate of drug-likeness (QED) is 0.326. The van der Waals surface area contributed by atoms with E-state index in [1.807, 2.05) is 0 Å². The molecule has 20 heavy (non-hydrogen) atoms. The maximum atomic E-state index is 6.18. The van der Waals surface area contributed by atoms with Gasteiger partial charge in [-0.1, -0.05) is 61.4 Å². The van der Waals surface area contributed by atoms with Gasteiger partial charge in [0.15, 0.2) is 6.29 Å². The fourth-order valence-electron chi connectivity index (χ4n) is 2.77. The van der Waals surface area contributed by atoms with Crippen molar-refractivity contribution in [2.45, 2.75) is 96.4 Å². The molecule has 1 saturated heterocycles. The van der Waals surface area contributed by atoms with Crippen molar-refractivity contribution in [3.63, 3.8) is 0 Å². The van der Waals surface area contributed by atoms with Gasteiger partial charge in [-0.2, -0.15) is 0 Å². The van der Waals surface area contributed by atoms with E-state index in [0.717, 1.165) is 18.4 Å². The average Bonchev–Trinajstić information content (AvgIpc) is 2.49. The third-order valence-electron chi connectivity index (χ3n) is 4.02.